The Labute approximate surface area is 113 Å². The predicted octanol–water partition coefficient (Wildman–Crippen LogP) is 1.91. The molecule has 0 aromatic carbocycles. The van der Waals surface area contributed by atoms with E-state index in [2.05, 4.69) is 12.2 Å². The van der Waals surface area contributed by atoms with Crippen LogP contribution < -0.4 is 0 Å². The summed E-state index contributed by atoms with van der Waals surface area (Å²) in [6.45, 7) is 2.06. The zero-order valence-electron chi connectivity index (χ0n) is 11.3. The third-order valence-electron chi connectivity index (χ3n) is 4.76. The zero-order chi connectivity index (χ0) is 13.6. The van der Waals surface area contributed by atoms with Crippen molar-refractivity contribution >= 4 is 11.9 Å². The summed E-state index contributed by atoms with van der Waals surface area (Å²) >= 11 is 0. The van der Waals surface area contributed by atoms with Gasteiger partial charge in [0.05, 0.1) is 5.92 Å². The highest BCUT2D eigenvalue weighted by atomic mass is 16.4. The Bertz CT molecular complexity index is 427. The van der Waals surface area contributed by atoms with E-state index in [-0.39, 0.29) is 11.8 Å². The van der Waals surface area contributed by atoms with Gasteiger partial charge in [-0.3, -0.25) is 9.59 Å². The molecule has 3 aliphatic carbocycles. The molecule has 1 amide bonds. The molecule has 3 aliphatic rings. The summed E-state index contributed by atoms with van der Waals surface area (Å²) < 4.78 is 0. The molecule has 4 heteroatoms. The van der Waals surface area contributed by atoms with Gasteiger partial charge in [-0.1, -0.05) is 19.1 Å². The van der Waals surface area contributed by atoms with Gasteiger partial charge in [0.1, 0.15) is 0 Å². The molecule has 0 saturated heterocycles. The average Bonchev–Trinajstić information content (AvgIpc) is 3.00. The van der Waals surface area contributed by atoms with Gasteiger partial charge in [0, 0.05) is 18.5 Å². The maximum Gasteiger partial charge on any atom is 0.308 e. The van der Waals surface area contributed by atoms with E-state index < -0.39 is 11.9 Å². The third kappa shape index (κ3) is 2.40. The van der Waals surface area contributed by atoms with Crippen LogP contribution in [0.15, 0.2) is 12.2 Å². The molecule has 1 N–H and O–H groups in total. The predicted molar refractivity (Wildman–Crippen MR) is 70.4 cm³/mol. The quantitative estimate of drug-likeness (QED) is 0.771. The van der Waals surface area contributed by atoms with Crippen LogP contribution in [-0.2, 0) is 9.59 Å². The van der Waals surface area contributed by atoms with Crippen LogP contribution in [0.25, 0.3) is 0 Å². The number of amides is 1. The van der Waals surface area contributed by atoms with Crippen molar-refractivity contribution in [1.29, 1.82) is 0 Å². The smallest absolute Gasteiger partial charge is 0.308 e. The number of carbonyl (C=O) groups excluding carboxylic acids is 1. The maximum absolute atomic E-state index is 12.7. The Morgan fingerprint density at radius 2 is 2.05 bits per heavy atom. The van der Waals surface area contributed by atoms with Crippen molar-refractivity contribution in [1.82, 2.24) is 4.90 Å². The highest BCUT2D eigenvalue weighted by Gasteiger charge is 2.44. The fourth-order valence-electron chi connectivity index (χ4n) is 3.46. The Morgan fingerprint density at radius 3 is 2.53 bits per heavy atom. The molecule has 104 valence electrons. The van der Waals surface area contributed by atoms with Crippen molar-refractivity contribution in [3.8, 4) is 0 Å². The monoisotopic (exact) mass is 263 g/mol. The molecule has 3 rings (SSSR count). The van der Waals surface area contributed by atoms with Gasteiger partial charge in [0.25, 0.3) is 0 Å². The topological polar surface area (TPSA) is 57.6 Å². The summed E-state index contributed by atoms with van der Waals surface area (Å²) in [5.41, 5.74) is 0. The van der Waals surface area contributed by atoms with Crippen LogP contribution in [0.2, 0.25) is 0 Å². The van der Waals surface area contributed by atoms with Gasteiger partial charge in [-0.15, -0.1) is 0 Å². The molecule has 2 saturated carbocycles. The van der Waals surface area contributed by atoms with Gasteiger partial charge >= 0.3 is 5.97 Å². The van der Waals surface area contributed by atoms with E-state index in [1.165, 1.54) is 0 Å². The van der Waals surface area contributed by atoms with Crippen LogP contribution in [0, 0.1) is 23.7 Å². The van der Waals surface area contributed by atoms with Crippen molar-refractivity contribution in [3.05, 3.63) is 12.2 Å². The number of allylic oxidation sites excluding steroid dienone is 2. The Balaban J connectivity index is 1.68. The van der Waals surface area contributed by atoms with Gasteiger partial charge in [0.15, 0.2) is 0 Å². The van der Waals surface area contributed by atoms with E-state index >= 15 is 0 Å². The number of rotatable bonds is 5. The summed E-state index contributed by atoms with van der Waals surface area (Å²) in [5, 5.41) is 9.04. The largest absolute Gasteiger partial charge is 0.481 e. The molecule has 0 radical (unpaired) electrons. The minimum atomic E-state index is -0.814. The van der Waals surface area contributed by atoms with E-state index in [9.17, 15) is 9.59 Å². The molecule has 0 heterocycles. The standard InChI is InChI=1S/C15H21NO3/c1-9(15(18)19)8-16(12-4-5-12)14(17)13-7-10-2-3-11(13)6-10/h2-3,9-13H,4-8H2,1H3,(H,18,19). The van der Waals surface area contributed by atoms with Crippen molar-refractivity contribution < 1.29 is 14.7 Å². The molecule has 0 spiro atoms. The SMILES string of the molecule is CC(CN(C(=O)C1CC2C=CC1C2)C1CC1)C(=O)O. The molecular formula is C15H21NO3. The van der Waals surface area contributed by atoms with Crippen molar-refractivity contribution in [2.75, 3.05) is 6.54 Å². The Morgan fingerprint density at radius 1 is 1.32 bits per heavy atom. The third-order valence-corrected chi connectivity index (χ3v) is 4.76. The molecular weight excluding hydrogens is 242 g/mol. The number of carboxylic acid groups (broad SMARTS) is 1. The maximum atomic E-state index is 12.7. The van der Waals surface area contributed by atoms with Gasteiger partial charge in [-0.25, -0.2) is 0 Å². The van der Waals surface area contributed by atoms with E-state index in [0.29, 0.717) is 24.4 Å². The molecule has 4 atom stereocenters. The number of hydrogen-bond donors (Lipinski definition) is 1. The van der Waals surface area contributed by atoms with Crippen LogP contribution in [0.5, 0.6) is 0 Å². The first kappa shape index (κ1) is 12.7. The van der Waals surface area contributed by atoms with Gasteiger partial charge in [-0.05, 0) is 37.5 Å². The van der Waals surface area contributed by atoms with E-state index in [1.54, 1.807) is 6.92 Å². The lowest BCUT2D eigenvalue weighted by atomic mass is 9.92. The van der Waals surface area contributed by atoms with Crippen molar-refractivity contribution in [2.45, 2.75) is 38.6 Å². The first-order chi connectivity index (χ1) is 9.06. The molecule has 4 nitrogen and oxygen atoms in total. The van der Waals surface area contributed by atoms with Crippen LogP contribution in [0.1, 0.15) is 32.6 Å². The number of hydrogen-bond acceptors (Lipinski definition) is 2. The molecule has 0 aliphatic heterocycles. The number of aliphatic carboxylic acids is 1. The number of fused-ring (bicyclic) bond motifs is 2. The minimum absolute atomic E-state index is 0.108. The summed E-state index contributed by atoms with van der Waals surface area (Å²) in [7, 11) is 0. The molecule has 2 fully saturated rings. The molecule has 0 aromatic heterocycles. The van der Waals surface area contributed by atoms with Crippen LogP contribution in [-0.4, -0.2) is 34.5 Å². The summed E-state index contributed by atoms with van der Waals surface area (Å²) in [4.78, 5) is 25.5. The molecule has 19 heavy (non-hydrogen) atoms. The second-order valence-corrected chi connectivity index (χ2v) is 6.35. The van der Waals surface area contributed by atoms with E-state index in [0.717, 1.165) is 25.7 Å². The van der Waals surface area contributed by atoms with Crippen molar-refractivity contribution in [3.63, 3.8) is 0 Å². The lowest BCUT2D eigenvalue weighted by molar-refractivity contribution is -0.144. The molecule has 4 unspecified atom stereocenters. The van der Waals surface area contributed by atoms with Crippen LogP contribution in [0.3, 0.4) is 0 Å². The number of carboxylic acids is 1. The Kier molecular flexibility index (Phi) is 3.11. The first-order valence-electron chi connectivity index (χ1n) is 7.28. The first-order valence-corrected chi connectivity index (χ1v) is 7.28. The summed E-state index contributed by atoms with van der Waals surface area (Å²) in [6, 6.07) is 0.303. The fraction of sp³-hybridized carbons (Fsp3) is 0.733. The highest BCUT2D eigenvalue weighted by Crippen LogP contribution is 2.45. The highest BCUT2D eigenvalue weighted by molar-refractivity contribution is 5.81. The van der Waals surface area contributed by atoms with Crippen LogP contribution >= 0.6 is 0 Å². The second kappa shape index (κ2) is 4.66. The summed E-state index contributed by atoms with van der Waals surface area (Å²) in [6.07, 6.45) is 8.57. The van der Waals surface area contributed by atoms with E-state index in [1.807, 2.05) is 4.90 Å². The summed E-state index contributed by atoms with van der Waals surface area (Å²) in [5.74, 6) is 0.00444. The molecule has 2 bridgehead atoms. The average molecular weight is 263 g/mol. The fourth-order valence-corrected chi connectivity index (χ4v) is 3.46. The van der Waals surface area contributed by atoms with Gasteiger partial charge in [-0.2, -0.15) is 0 Å². The van der Waals surface area contributed by atoms with Gasteiger partial charge < -0.3 is 10.0 Å². The molecule has 0 aromatic rings. The van der Waals surface area contributed by atoms with Gasteiger partial charge in [0.2, 0.25) is 5.91 Å². The number of nitrogens with zero attached hydrogens (tertiary/aromatic N) is 1. The Hall–Kier alpha value is -1.32. The van der Waals surface area contributed by atoms with Crippen LogP contribution in [0.4, 0.5) is 0 Å². The van der Waals surface area contributed by atoms with E-state index in [4.69, 9.17) is 5.11 Å². The second-order valence-electron chi connectivity index (χ2n) is 6.35. The number of carbonyl (C=O) groups is 2. The zero-order valence-corrected chi connectivity index (χ0v) is 11.3. The lowest BCUT2D eigenvalue weighted by Crippen LogP contribution is -2.43. The lowest BCUT2D eigenvalue weighted by Gasteiger charge is -2.29. The normalized spacial score (nSPS) is 33.4. The minimum Gasteiger partial charge on any atom is -0.481 e. The van der Waals surface area contributed by atoms with Crippen molar-refractivity contribution in [2.24, 2.45) is 23.7 Å².